The van der Waals surface area contributed by atoms with Crippen molar-refractivity contribution >= 4 is 17.6 Å². The third-order valence-electron chi connectivity index (χ3n) is 1.79. The van der Waals surface area contributed by atoms with Gasteiger partial charge in [0.2, 0.25) is 0 Å². The van der Waals surface area contributed by atoms with Gasteiger partial charge < -0.3 is 9.84 Å². The van der Waals surface area contributed by atoms with Crippen LogP contribution in [-0.4, -0.2) is 17.2 Å². The molecule has 0 spiro atoms. The van der Waals surface area contributed by atoms with E-state index in [0.717, 1.165) is 5.56 Å². The molecule has 1 atom stereocenters. The molecule has 0 heterocycles. The number of carboxylic acid groups (broad SMARTS) is 1. The molecule has 0 unspecified atom stereocenters. The first-order valence-corrected chi connectivity index (χ1v) is 4.54. The zero-order valence-corrected chi connectivity index (χ0v) is 8.71. The third kappa shape index (κ3) is 2.64. The summed E-state index contributed by atoms with van der Waals surface area (Å²) in [5.41, 5.74) is 0.863. The van der Waals surface area contributed by atoms with Gasteiger partial charge in [0, 0.05) is 5.02 Å². The summed E-state index contributed by atoms with van der Waals surface area (Å²) >= 11 is 5.81. The normalized spacial score (nSPS) is 12.2. The molecule has 0 amide bonds. The molecule has 0 aliphatic carbocycles. The van der Waals surface area contributed by atoms with Crippen molar-refractivity contribution in [1.82, 2.24) is 0 Å². The highest BCUT2D eigenvalue weighted by atomic mass is 35.5. The van der Waals surface area contributed by atoms with E-state index in [1.54, 1.807) is 18.2 Å². The smallest absolute Gasteiger partial charge is 0.344 e. The highest BCUT2D eigenvalue weighted by Gasteiger charge is 2.12. The van der Waals surface area contributed by atoms with Crippen molar-refractivity contribution in [2.45, 2.75) is 20.0 Å². The highest BCUT2D eigenvalue weighted by Crippen LogP contribution is 2.21. The number of carboxylic acids is 1. The second kappa shape index (κ2) is 4.33. The zero-order valence-electron chi connectivity index (χ0n) is 7.95. The summed E-state index contributed by atoms with van der Waals surface area (Å²) in [6.45, 7) is 3.31. The van der Waals surface area contributed by atoms with Gasteiger partial charge in [0.1, 0.15) is 5.75 Å². The Hall–Kier alpha value is -1.22. The Morgan fingerprint density at radius 1 is 1.57 bits per heavy atom. The minimum Gasteiger partial charge on any atom is -0.479 e. The number of aryl methyl sites for hydroxylation is 1. The van der Waals surface area contributed by atoms with Crippen LogP contribution in [0.1, 0.15) is 12.5 Å². The summed E-state index contributed by atoms with van der Waals surface area (Å²) in [4.78, 5) is 10.5. The lowest BCUT2D eigenvalue weighted by atomic mass is 10.2. The molecule has 0 bridgehead atoms. The fourth-order valence-corrected chi connectivity index (χ4v) is 1.06. The minimum absolute atomic E-state index is 0.516. The van der Waals surface area contributed by atoms with E-state index in [0.29, 0.717) is 10.8 Å². The molecule has 0 aliphatic heterocycles. The van der Waals surface area contributed by atoms with Crippen LogP contribution >= 0.6 is 11.6 Å². The van der Waals surface area contributed by atoms with Gasteiger partial charge in [-0.3, -0.25) is 0 Å². The first-order chi connectivity index (χ1) is 6.50. The summed E-state index contributed by atoms with van der Waals surface area (Å²) in [6.07, 6.45) is -0.851. The summed E-state index contributed by atoms with van der Waals surface area (Å²) in [6, 6.07) is 5.04. The van der Waals surface area contributed by atoms with Gasteiger partial charge in [0.05, 0.1) is 0 Å². The van der Waals surface area contributed by atoms with E-state index >= 15 is 0 Å². The maximum absolute atomic E-state index is 10.5. The van der Waals surface area contributed by atoms with Gasteiger partial charge in [-0.1, -0.05) is 11.6 Å². The Labute approximate surface area is 87.3 Å². The quantitative estimate of drug-likeness (QED) is 0.841. The fraction of sp³-hybridized carbons (Fsp3) is 0.300. The maximum Gasteiger partial charge on any atom is 0.344 e. The molecular formula is C10H11ClO3. The number of benzene rings is 1. The Kier molecular flexibility index (Phi) is 3.36. The molecule has 3 nitrogen and oxygen atoms in total. The first-order valence-electron chi connectivity index (χ1n) is 4.16. The summed E-state index contributed by atoms with van der Waals surface area (Å²) < 4.78 is 5.15. The molecule has 0 saturated heterocycles. The van der Waals surface area contributed by atoms with Gasteiger partial charge in [-0.25, -0.2) is 4.79 Å². The molecule has 1 aromatic carbocycles. The number of halogens is 1. The van der Waals surface area contributed by atoms with Crippen LogP contribution in [0, 0.1) is 6.92 Å². The van der Waals surface area contributed by atoms with E-state index in [2.05, 4.69) is 0 Å². The number of hydrogen-bond acceptors (Lipinski definition) is 2. The molecule has 1 aromatic rings. The first kappa shape index (κ1) is 10.9. The number of aliphatic carboxylic acids is 1. The Bertz CT molecular complexity index is 349. The number of carbonyl (C=O) groups is 1. The van der Waals surface area contributed by atoms with Crippen LogP contribution in [0.25, 0.3) is 0 Å². The van der Waals surface area contributed by atoms with Crippen LogP contribution in [-0.2, 0) is 4.79 Å². The van der Waals surface area contributed by atoms with E-state index in [-0.39, 0.29) is 0 Å². The molecule has 1 N–H and O–H groups in total. The molecule has 0 aromatic heterocycles. The van der Waals surface area contributed by atoms with Crippen molar-refractivity contribution in [2.75, 3.05) is 0 Å². The van der Waals surface area contributed by atoms with Crippen molar-refractivity contribution < 1.29 is 14.6 Å². The molecule has 0 fully saturated rings. The lowest BCUT2D eigenvalue weighted by Gasteiger charge is -2.10. The number of hydrogen-bond donors (Lipinski definition) is 1. The molecule has 76 valence electrons. The van der Waals surface area contributed by atoms with Gasteiger partial charge in [0.15, 0.2) is 6.10 Å². The molecule has 1 rings (SSSR count). The Morgan fingerprint density at radius 3 is 2.71 bits per heavy atom. The van der Waals surface area contributed by atoms with Gasteiger partial charge in [0.25, 0.3) is 0 Å². The largest absolute Gasteiger partial charge is 0.479 e. The summed E-state index contributed by atoms with van der Waals surface area (Å²) in [7, 11) is 0. The van der Waals surface area contributed by atoms with Crippen molar-refractivity contribution in [1.29, 1.82) is 0 Å². The van der Waals surface area contributed by atoms with Gasteiger partial charge in [-0.15, -0.1) is 0 Å². The van der Waals surface area contributed by atoms with Crippen molar-refractivity contribution in [3.63, 3.8) is 0 Å². The van der Waals surface area contributed by atoms with E-state index in [1.165, 1.54) is 6.92 Å². The average Bonchev–Trinajstić information content (AvgIpc) is 2.11. The Morgan fingerprint density at radius 2 is 2.21 bits per heavy atom. The fourth-order valence-electron chi connectivity index (χ4n) is 0.945. The predicted molar refractivity (Wildman–Crippen MR) is 53.9 cm³/mol. The van der Waals surface area contributed by atoms with Crippen molar-refractivity contribution in [3.8, 4) is 5.75 Å². The predicted octanol–water partition coefficient (Wildman–Crippen LogP) is 2.50. The van der Waals surface area contributed by atoms with Crippen LogP contribution < -0.4 is 4.74 Å². The van der Waals surface area contributed by atoms with E-state index < -0.39 is 12.1 Å². The Balaban J connectivity index is 2.78. The van der Waals surface area contributed by atoms with Crippen molar-refractivity contribution in [3.05, 3.63) is 28.8 Å². The standard InChI is InChI=1S/C10H11ClO3/c1-6-5-8(3-4-9(6)11)14-7(2)10(12)13/h3-5,7H,1-2H3,(H,12,13)/t7-/m1/s1. The van der Waals surface area contributed by atoms with Gasteiger partial charge >= 0.3 is 5.97 Å². The second-order valence-electron chi connectivity index (χ2n) is 3.01. The summed E-state index contributed by atoms with van der Waals surface area (Å²) in [5, 5.41) is 9.26. The SMILES string of the molecule is Cc1cc(O[C@H](C)C(=O)O)ccc1Cl. The van der Waals surface area contributed by atoms with E-state index in [9.17, 15) is 4.79 Å². The minimum atomic E-state index is -0.988. The van der Waals surface area contributed by atoms with E-state index in [1.807, 2.05) is 6.92 Å². The maximum atomic E-state index is 10.5. The van der Waals surface area contributed by atoms with Gasteiger partial charge in [-0.05, 0) is 37.6 Å². The second-order valence-corrected chi connectivity index (χ2v) is 3.42. The molecular weight excluding hydrogens is 204 g/mol. The van der Waals surface area contributed by atoms with Gasteiger partial charge in [-0.2, -0.15) is 0 Å². The number of ether oxygens (including phenoxy) is 1. The van der Waals surface area contributed by atoms with Crippen LogP contribution in [0.4, 0.5) is 0 Å². The lowest BCUT2D eigenvalue weighted by Crippen LogP contribution is -2.22. The molecule has 14 heavy (non-hydrogen) atoms. The summed E-state index contributed by atoms with van der Waals surface area (Å²) in [5.74, 6) is -0.473. The third-order valence-corrected chi connectivity index (χ3v) is 2.21. The zero-order chi connectivity index (χ0) is 10.7. The lowest BCUT2D eigenvalue weighted by molar-refractivity contribution is -0.144. The molecule has 0 saturated carbocycles. The monoisotopic (exact) mass is 214 g/mol. The van der Waals surface area contributed by atoms with Crippen LogP contribution in [0.5, 0.6) is 5.75 Å². The highest BCUT2D eigenvalue weighted by molar-refractivity contribution is 6.31. The topological polar surface area (TPSA) is 46.5 Å². The van der Waals surface area contributed by atoms with Crippen LogP contribution in [0.2, 0.25) is 5.02 Å². The molecule has 4 heteroatoms. The average molecular weight is 215 g/mol. The number of rotatable bonds is 3. The van der Waals surface area contributed by atoms with E-state index in [4.69, 9.17) is 21.4 Å². The van der Waals surface area contributed by atoms with Crippen molar-refractivity contribution in [2.24, 2.45) is 0 Å². The molecule has 0 aliphatic rings. The van der Waals surface area contributed by atoms with Crippen LogP contribution in [0.15, 0.2) is 18.2 Å². The van der Waals surface area contributed by atoms with Crippen LogP contribution in [0.3, 0.4) is 0 Å². The molecule has 0 radical (unpaired) electrons.